The number of rotatable bonds is 6. The number of carbonyl (C=O) groups is 1. The van der Waals surface area contributed by atoms with Crippen molar-refractivity contribution >= 4 is 5.97 Å². The molecule has 0 radical (unpaired) electrons. The van der Waals surface area contributed by atoms with E-state index >= 15 is 0 Å². The predicted octanol–water partition coefficient (Wildman–Crippen LogP) is 4.78. The molecule has 8 heteroatoms. The van der Waals surface area contributed by atoms with Gasteiger partial charge in [-0.3, -0.25) is 0 Å². The van der Waals surface area contributed by atoms with Crippen molar-refractivity contribution in [1.29, 1.82) is 0 Å². The minimum atomic E-state index is -2.94. The van der Waals surface area contributed by atoms with Crippen LogP contribution in [0.5, 0.6) is 5.75 Å². The lowest BCUT2D eigenvalue weighted by Crippen LogP contribution is -2.37. The first kappa shape index (κ1) is 20.8. The Morgan fingerprint density at radius 1 is 1.38 bits per heavy atom. The van der Waals surface area contributed by atoms with E-state index in [-0.39, 0.29) is 17.1 Å². The molecule has 6 nitrogen and oxygen atoms in total. The molecule has 0 aliphatic carbocycles. The molecule has 0 bridgehead atoms. The average molecular weight is 406 g/mol. The van der Waals surface area contributed by atoms with Crippen LogP contribution in [-0.2, 0) is 11.3 Å². The van der Waals surface area contributed by atoms with Gasteiger partial charge in [0.1, 0.15) is 11.4 Å². The Balaban J connectivity index is 1.81. The van der Waals surface area contributed by atoms with E-state index in [4.69, 9.17) is 4.52 Å². The Hall–Kier alpha value is -2.90. The number of nitrogens with zero attached hydrogens (tertiary/aromatic N) is 2. The van der Waals surface area contributed by atoms with Crippen molar-refractivity contribution in [3.05, 3.63) is 47.8 Å². The zero-order valence-electron chi connectivity index (χ0n) is 16.6. The topological polar surface area (TPSA) is 75.8 Å². The number of para-hydroxylation sites is 1. The molecule has 1 aromatic carbocycles. The fourth-order valence-electron chi connectivity index (χ4n) is 3.36. The van der Waals surface area contributed by atoms with Gasteiger partial charge in [-0.05, 0) is 29.9 Å². The molecular formula is C21H24F2N2O4. The number of carboxylic acids is 1. The van der Waals surface area contributed by atoms with Crippen molar-refractivity contribution in [3.63, 3.8) is 0 Å². The molecule has 0 saturated heterocycles. The average Bonchev–Trinajstić information content (AvgIpc) is 3.09. The third kappa shape index (κ3) is 5.13. The maximum Gasteiger partial charge on any atom is 0.387 e. The van der Waals surface area contributed by atoms with Gasteiger partial charge < -0.3 is 19.3 Å². The maximum absolute atomic E-state index is 12.6. The normalized spacial score (nSPS) is 17.4. The maximum atomic E-state index is 12.6. The van der Waals surface area contributed by atoms with Gasteiger partial charge in [0.25, 0.3) is 0 Å². The Labute approximate surface area is 167 Å². The van der Waals surface area contributed by atoms with Crippen LogP contribution in [0.4, 0.5) is 8.78 Å². The minimum absolute atomic E-state index is 0.00373. The number of hydrogen-bond acceptors (Lipinski definition) is 5. The van der Waals surface area contributed by atoms with E-state index in [9.17, 15) is 18.7 Å². The predicted molar refractivity (Wildman–Crippen MR) is 102 cm³/mol. The van der Waals surface area contributed by atoms with Crippen LogP contribution < -0.4 is 4.74 Å². The highest BCUT2D eigenvalue weighted by molar-refractivity contribution is 5.86. The largest absolute Gasteiger partial charge is 0.478 e. The highest BCUT2D eigenvalue weighted by atomic mass is 19.3. The molecule has 29 heavy (non-hydrogen) atoms. The van der Waals surface area contributed by atoms with E-state index in [0.717, 1.165) is 0 Å². The first-order valence-electron chi connectivity index (χ1n) is 9.31. The van der Waals surface area contributed by atoms with Crippen LogP contribution >= 0.6 is 0 Å². The number of ether oxygens (including phenoxy) is 1. The van der Waals surface area contributed by atoms with Gasteiger partial charge >= 0.3 is 12.6 Å². The van der Waals surface area contributed by atoms with Gasteiger partial charge in [-0.1, -0.05) is 38.1 Å². The van der Waals surface area contributed by atoms with Crippen molar-refractivity contribution in [1.82, 2.24) is 10.1 Å². The second-order valence-electron chi connectivity index (χ2n) is 8.21. The standard InChI is InChI=1S/C21H24F2N2O4/c1-21(2,3)14-8-13(19(26)27)10-25(11-14)12-15-9-18(29-24-15)16-6-4-5-7-17(16)28-20(22)23/h4-7,9-10,14,20H,8,11-12H2,1-3H3,(H,26,27)/t14-/m1/s1. The van der Waals surface area contributed by atoms with Crippen molar-refractivity contribution < 1.29 is 27.9 Å². The lowest BCUT2D eigenvalue weighted by molar-refractivity contribution is -0.133. The highest BCUT2D eigenvalue weighted by Gasteiger charge is 2.32. The molecule has 0 amide bonds. The Morgan fingerprint density at radius 3 is 2.76 bits per heavy atom. The molecule has 0 fully saturated rings. The number of aromatic nitrogens is 1. The molecule has 1 atom stereocenters. The van der Waals surface area contributed by atoms with Gasteiger partial charge in [-0.15, -0.1) is 0 Å². The summed E-state index contributed by atoms with van der Waals surface area (Å²) in [4.78, 5) is 13.4. The highest BCUT2D eigenvalue weighted by Crippen LogP contribution is 2.36. The second kappa shape index (κ2) is 8.23. The van der Waals surface area contributed by atoms with Crippen LogP contribution in [0.25, 0.3) is 11.3 Å². The minimum Gasteiger partial charge on any atom is -0.478 e. The first-order chi connectivity index (χ1) is 13.6. The van der Waals surface area contributed by atoms with Crippen LogP contribution in [0.15, 0.2) is 46.6 Å². The Kier molecular flexibility index (Phi) is 5.91. The summed E-state index contributed by atoms with van der Waals surface area (Å²) < 4.78 is 35.2. The third-order valence-electron chi connectivity index (χ3n) is 5.05. The summed E-state index contributed by atoms with van der Waals surface area (Å²) in [6.45, 7) is 4.37. The van der Waals surface area contributed by atoms with E-state index < -0.39 is 12.6 Å². The molecule has 2 aromatic rings. The lowest BCUT2D eigenvalue weighted by atomic mass is 9.75. The van der Waals surface area contributed by atoms with E-state index in [1.807, 2.05) is 4.90 Å². The molecule has 0 unspecified atom stereocenters. The van der Waals surface area contributed by atoms with E-state index in [0.29, 0.717) is 42.1 Å². The van der Waals surface area contributed by atoms with Crippen LogP contribution in [0.3, 0.4) is 0 Å². The number of halogens is 2. The summed E-state index contributed by atoms with van der Waals surface area (Å²) >= 11 is 0. The molecular weight excluding hydrogens is 382 g/mol. The third-order valence-corrected chi connectivity index (χ3v) is 5.05. The molecule has 156 valence electrons. The molecule has 1 N–H and O–H groups in total. The summed E-state index contributed by atoms with van der Waals surface area (Å²) in [6.07, 6.45) is 2.16. The second-order valence-corrected chi connectivity index (χ2v) is 8.21. The fourth-order valence-corrected chi connectivity index (χ4v) is 3.36. The molecule has 1 aliphatic rings. The van der Waals surface area contributed by atoms with Crippen LogP contribution in [0, 0.1) is 11.3 Å². The zero-order valence-corrected chi connectivity index (χ0v) is 16.6. The van der Waals surface area contributed by atoms with Crippen LogP contribution in [0.2, 0.25) is 0 Å². The van der Waals surface area contributed by atoms with Gasteiger partial charge in [0, 0.05) is 18.8 Å². The number of carboxylic acid groups (broad SMARTS) is 1. The van der Waals surface area contributed by atoms with Gasteiger partial charge in [0.15, 0.2) is 5.76 Å². The zero-order chi connectivity index (χ0) is 21.2. The monoisotopic (exact) mass is 406 g/mol. The van der Waals surface area contributed by atoms with Crippen molar-refractivity contribution in [2.75, 3.05) is 6.54 Å². The SMILES string of the molecule is CC(C)(C)[C@@H]1CC(C(=O)O)=CN(Cc2cc(-c3ccccc3OC(F)F)on2)C1. The van der Waals surface area contributed by atoms with Gasteiger partial charge in [-0.25, -0.2) is 4.79 Å². The number of hydrogen-bond donors (Lipinski definition) is 1. The number of alkyl halides is 2. The Morgan fingerprint density at radius 2 is 2.10 bits per heavy atom. The summed E-state index contributed by atoms with van der Waals surface area (Å²) in [5.74, 6) is -0.444. The van der Waals surface area contributed by atoms with Gasteiger partial charge in [0.05, 0.1) is 17.7 Å². The summed E-state index contributed by atoms with van der Waals surface area (Å²) in [7, 11) is 0. The molecule has 0 saturated carbocycles. The van der Waals surface area contributed by atoms with E-state index in [2.05, 4.69) is 30.7 Å². The van der Waals surface area contributed by atoms with Crippen molar-refractivity contribution in [3.8, 4) is 17.1 Å². The Bertz CT molecular complexity index is 902. The summed E-state index contributed by atoms with van der Waals surface area (Å²) in [5.41, 5.74) is 1.26. The lowest BCUT2D eigenvalue weighted by Gasteiger charge is -2.38. The fraction of sp³-hybridized carbons (Fsp3) is 0.429. The van der Waals surface area contributed by atoms with Crippen LogP contribution in [-0.4, -0.2) is 34.3 Å². The van der Waals surface area contributed by atoms with E-state index in [1.54, 1.807) is 30.5 Å². The summed E-state index contributed by atoms with van der Waals surface area (Å²) in [5, 5.41) is 13.5. The first-order valence-corrected chi connectivity index (χ1v) is 9.31. The summed E-state index contributed by atoms with van der Waals surface area (Å²) in [6, 6.07) is 7.99. The smallest absolute Gasteiger partial charge is 0.387 e. The van der Waals surface area contributed by atoms with Gasteiger partial charge in [-0.2, -0.15) is 8.78 Å². The van der Waals surface area contributed by atoms with E-state index in [1.165, 1.54) is 6.07 Å². The molecule has 0 spiro atoms. The molecule has 3 rings (SSSR count). The van der Waals surface area contributed by atoms with Crippen molar-refractivity contribution in [2.24, 2.45) is 11.3 Å². The molecule has 1 aromatic heterocycles. The molecule has 1 aliphatic heterocycles. The number of benzene rings is 1. The quantitative estimate of drug-likeness (QED) is 0.744. The van der Waals surface area contributed by atoms with Crippen molar-refractivity contribution in [2.45, 2.75) is 40.3 Å². The number of aliphatic carboxylic acids is 1. The van der Waals surface area contributed by atoms with Crippen LogP contribution in [0.1, 0.15) is 32.9 Å². The van der Waals surface area contributed by atoms with Gasteiger partial charge in [0.2, 0.25) is 0 Å². The molecule has 2 heterocycles.